The second-order valence-electron chi connectivity index (χ2n) is 3.50. The van der Waals surface area contributed by atoms with Gasteiger partial charge < -0.3 is 0 Å². The van der Waals surface area contributed by atoms with E-state index in [4.69, 9.17) is 0 Å². The molecule has 3 aromatic rings. The lowest BCUT2D eigenvalue weighted by Crippen LogP contribution is -1.80. The van der Waals surface area contributed by atoms with Gasteiger partial charge in [-0.1, -0.05) is 34.1 Å². The van der Waals surface area contributed by atoms with Gasteiger partial charge in [-0.25, -0.2) is 4.98 Å². The van der Waals surface area contributed by atoms with E-state index in [0.717, 1.165) is 26.6 Å². The van der Waals surface area contributed by atoms with Gasteiger partial charge in [0.25, 0.3) is 0 Å². The monoisotopic (exact) mass is 305 g/mol. The first-order valence-electron chi connectivity index (χ1n) is 5.05. The molecule has 0 aliphatic heterocycles. The first kappa shape index (κ1) is 10.7. The van der Waals surface area contributed by atoms with E-state index in [1.807, 2.05) is 41.8 Å². The van der Waals surface area contributed by atoms with Gasteiger partial charge in [-0.15, -0.1) is 11.3 Å². The van der Waals surface area contributed by atoms with Crippen molar-refractivity contribution in [3.05, 3.63) is 46.3 Å². The highest BCUT2D eigenvalue weighted by molar-refractivity contribution is 9.10. The van der Waals surface area contributed by atoms with Crippen LogP contribution in [0.2, 0.25) is 0 Å². The molecule has 17 heavy (non-hydrogen) atoms. The molecule has 3 nitrogen and oxygen atoms in total. The summed E-state index contributed by atoms with van der Waals surface area (Å²) >= 11 is 5.09. The quantitative estimate of drug-likeness (QED) is 0.778. The Morgan fingerprint density at radius 2 is 2.12 bits per heavy atom. The molecular formula is C12H8BrN3S. The number of benzene rings is 1. The lowest BCUT2D eigenvalue weighted by atomic mass is 10.2. The van der Waals surface area contributed by atoms with Crippen LogP contribution in [-0.2, 0) is 0 Å². The van der Waals surface area contributed by atoms with Gasteiger partial charge in [-0.2, -0.15) is 5.10 Å². The molecule has 0 radical (unpaired) electrons. The van der Waals surface area contributed by atoms with Gasteiger partial charge in [0, 0.05) is 10.0 Å². The molecule has 3 rings (SSSR count). The predicted octanol–water partition coefficient (Wildman–Crippen LogP) is 3.96. The van der Waals surface area contributed by atoms with Crippen molar-refractivity contribution < 1.29 is 0 Å². The lowest BCUT2D eigenvalue weighted by Gasteiger charge is -1.94. The van der Waals surface area contributed by atoms with Crippen molar-refractivity contribution in [2.45, 2.75) is 0 Å². The van der Waals surface area contributed by atoms with E-state index in [9.17, 15) is 0 Å². The molecule has 2 aromatic heterocycles. The van der Waals surface area contributed by atoms with Crippen LogP contribution in [0, 0.1) is 0 Å². The Balaban J connectivity index is 2.01. The second-order valence-corrected chi connectivity index (χ2v) is 5.36. The van der Waals surface area contributed by atoms with Crippen LogP contribution in [0.4, 0.5) is 0 Å². The van der Waals surface area contributed by atoms with Crippen molar-refractivity contribution in [2.24, 2.45) is 0 Å². The van der Waals surface area contributed by atoms with Gasteiger partial charge in [0.2, 0.25) is 0 Å². The number of nitrogens with one attached hydrogen (secondary N) is 1. The van der Waals surface area contributed by atoms with Crippen molar-refractivity contribution in [2.75, 3.05) is 0 Å². The van der Waals surface area contributed by atoms with Gasteiger partial charge >= 0.3 is 0 Å². The maximum Gasteiger partial charge on any atom is 0.181 e. The van der Waals surface area contributed by atoms with Crippen LogP contribution in [0.3, 0.4) is 0 Å². The Morgan fingerprint density at radius 1 is 1.18 bits per heavy atom. The van der Waals surface area contributed by atoms with Gasteiger partial charge in [-0.3, -0.25) is 5.10 Å². The zero-order chi connectivity index (χ0) is 11.7. The van der Waals surface area contributed by atoms with Crippen molar-refractivity contribution in [3.8, 4) is 22.1 Å². The Hall–Kier alpha value is -1.46. The average Bonchev–Trinajstić information content (AvgIpc) is 3.00. The van der Waals surface area contributed by atoms with E-state index in [0.29, 0.717) is 0 Å². The summed E-state index contributed by atoms with van der Waals surface area (Å²) in [5.41, 5.74) is 0.999. The standard InChI is InChI=1S/C12H8BrN3S/c13-9-4-1-3-8(7-9)11-14-12(16-15-11)10-5-2-6-17-10/h1-7H,(H,14,15,16). The molecule has 84 valence electrons. The number of halogens is 1. The highest BCUT2D eigenvalue weighted by Crippen LogP contribution is 2.24. The molecule has 0 saturated heterocycles. The van der Waals surface area contributed by atoms with Crippen LogP contribution in [0.25, 0.3) is 22.1 Å². The summed E-state index contributed by atoms with van der Waals surface area (Å²) in [6.45, 7) is 0. The van der Waals surface area contributed by atoms with Crippen LogP contribution in [-0.4, -0.2) is 15.2 Å². The molecule has 0 aliphatic rings. The van der Waals surface area contributed by atoms with Crippen molar-refractivity contribution in [3.63, 3.8) is 0 Å². The SMILES string of the molecule is Brc1cccc(-c2n[nH]c(-c3cccs3)n2)c1. The first-order chi connectivity index (χ1) is 8.33. The van der Waals surface area contributed by atoms with Crippen LogP contribution in [0.15, 0.2) is 46.3 Å². The second kappa shape index (κ2) is 4.43. The molecule has 0 spiro atoms. The number of aromatic nitrogens is 3. The smallest absolute Gasteiger partial charge is 0.181 e. The fourth-order valence-electron chi connectivity index (χ4n) is 1.54. The maximum atomic E-state index is 4.49. The third kappa shape index (κ3) is 2.16. The first-order valence-corrected chi connectivity index (χ1v) is 6.72. The van der Waals surface area contributed by atoms with E-state index in [1.165, 1.54) is 0 Å². The Bertz CT molecular complexity index is 631. The molecule has 0 amide bonds. The van der Waals surface area contributed by atoms with Crippen LogP contribution in [0.5, 0.6) is 0 Å². The molecule has 0 fully saturated rings. The van der Waals surface area contributed by atoms with Gasteiger partial charge in [0.05, 0.1) is 4.88 Å². The number of nitrogens with zero attached hydrogens (tertiary/aromatic N) is 2. The molecule has 0 unspecified atom stereocenters. The summed E-state index contributed by atoms with van der Waals surface area (Å²) in [4.78, 5) is 5.58. The summed E-state index contributed by atoms with van der Waals surface area (Å²) in [6.07, 6.45) is 0. The Kier molecular flexibility index (Phi) is 2.78. The molecule has 2 heterocycles. The minimum Gasteiger partial charge on any atom is -0.258 e. The molecular weight excluding hydrogens is 298 g/mol. The minimum absolute atomic E-state index is 0.717. The predicted molar refractivity (Wildman–Crippen MR) is 72.8 cm³/mol. The molecule has 0 bridgehead atoms. The summed E-state index contributed by atoms with van der Waals surface area (Å²) in [7, 11) is 0. The van der Waals surface area contributed by atoms with Crippen LogP contribution >= 0.6 is 27.3 Å². The van der Waals surface area contributed by atoms with Crippen molar-refractivity contribution in [1.29, 1.82) is 0 Å². The number of H-pyrrole nitrogens is 1. The number of hydrogen-bond acceptors (Lipinski definition) is 3. The fourth-order valence-corrected chi connectivity index (χ4v) is 2.61. The highest BCUT2D eigenvalue weighted by atomic mass is 79.9. The topological polar surface area (TPSA) is 41.6 Å². The summed E-state index contributed by atoms with van der Waals surface area (Å²) in [6, 6.07) is 12.0. The lowest BCUT2D eigenvalue weighted by molar-refractivity contribution is 1.10. The van der Waals surface area contributed by atoms with Crippen molar-refractivity contribution >= 4 is 27.3 Å². The molecule has 0 atom stereocenters. The van der Waals surface area contributed by atoms with Crippen molar-refractivity contribution in [1.82, 2.24) is 15.2 Å². The van der Waals surface area contributed by atoms with E-state index in [-0.39, 0.29) is 0 Å². The molecule has 1 aromatic carbocycles. The van der Waals surface area contributed by atoms with E-state index in [2.05, 4.69) is 31.1 Å². The largest absolute Gasteiger partial charge is 0.258 e. The van der Waals surface area contributed by atoms with Gasteiger partial charge in [0.15, 0.2) is 11.6 Å². The molecule has 5 heteroatoms. The molecule has 1 N–H and O–H groups in total. The average molecular weight is 306 g/mol. The highest BCUT2D eigenvalue weighted by Gasteiger charge is 2.08. The number of rotatable bonds is 2. The molecule has 0 aliphatic carbocycles. The van der Waals surface area contributed by atoms with E-state index >= 15 is 0 Å². The normalized spacial score (nSPS) is 10.6. The summed E-state index contributed by atoms with van der Waals surface area (Å²) in [5, 5.41) is 9.22. The van der Waals surface area contributed by atoms with Gasteiger partial charge in [-0.05, 0) is 23.6 Å². The maximum absolute atomic E-state index is 4.49. The van der Waals surface area contributed by atoms with Crippen LogP contribution < -0.4 is 0 Å². The zero-order valence-electron chi connectivity index (χ0n) is 8.72. The number of hydrogen-bond donors (Lipinski definition) is 1. The number of thiophene rings is 1. The third-order valence-electron chi connectivity index (χ3n) is 2.32. The Labute approximate surface area is 111 Å². The molecule has 0 saturated carbocycles. The zero-order valence-corrected chi connectivity index (χ0v) is 11.1. The van der Waals surface area contributed by atoms with Crippen LogP contribution in [0.1, 0.15) is 0 Å². The van der Waals surface area contributed by atoms with Gasteiger partial charge in [0.1, 0.15) is 0 Å². The fraction of sp³-hybridized carbons (Fsp3) is 0. The van der Waals surface area contributed by atoms with E-state index < -0.39 is 0 Å². The Morgan fingerprint density at radius 3 is 2.88 bits per heavy atom. The minimum atomic E-state index is 0.717. The summed E-state index contributed by atoms with van der Waals surface area (Å²) in [5.74, 6) is 1.53. The third-order valence-corrected chi connectivity index (χ3v) is 3.69. The summed E-state index contributed by atoms with van der Waals surface area (Å²) < 4.78 is 1.03. The van der Waals surface area contributed by atoms with E-state index in [1.54, 1.807) is 11.3 Å². The number of aromatic amines is 1.